The maximum Gasteiger partial charge on any atom is 0.501 e. The van der Waals surface area contributed by atoms with Crippen LogP contribution in [-0.2, 0) is 21.9 Å². The molecule has 3 unspecified atom stereocenters. The fourth-order valence-electron chi connectivity index (χ4n) is 4.08. The van der Waals surface area contributed by atoms with Crippen molar-refractivity contribution >= 4 is 9.84 Å². The molecule has 0 spiro atoms. The fourth-order valence-corrected chi connectivity index (χ4v) is 5.16. The van der Waals surface area contributed by atoms with Gasteiger partial charge in [-0.05, 0) is 49.7 Å². The van der Waals surface area contributed by atoms with E-state index in [9.17, 15) is 31.8 Å². The van der Waals surface area contributed by atoms with Crippen LogP contribution in [0.3, 0.4) is 0 Å². The zero-order valence-electron chi connectivity index (χ0n) is 12.9. The van der Waals surface area contributed by atoms with Gasteiger partial charge in [-0.1, -0.05) is 18.6 Å². The summed E-state index contributed by atoms with van der Waals surface area (Å²) in [6, 6.07) is 3.75. The summed E-state index contributed by atoms with van der Waals surface area (Å²) in [5.41, 5.74) is -6.76. The highest BCUT2D eigenvalue weighted by molar-refractivity contribution is 7.92. The lowest BCUT2D eigenvalue weighted by atomic mass is 9.73. The summed E-state index contributed by atoms with van der Waals surface area (Å²) in [5, 5.41) is 21.0. The van der Waals surface area contributed by atoms with Gasteiger partial charge in [0.1, 0.15) is 0 Å². The molecule has 1 fully saturated rings. The van der Waals surface area contributed by atoms with E-state index in [0.29, 0.717) is 31.2 Å². The molecule has 0 radical (unpaired) electrons. The Bertz CT molecular complexity index is 744. The van der Waals surface area contributed by atoms with Gasteiger partial charge in [-0.25, -0.2) is 8.42 Å². The molecule has 1 aromatic carbocycles. The van der Waals surface area contributed by atoms with Gasteiger partial charge in [-0.3, -0.25) is 0 Å². The number of aryl methyl sites for hydroxylation is 1. The maximum atomic E-state index is 13.0. The number of halogens is 3. The molecule has 0 saturated heterocycles. The third-order valence-electron chi connectivity index (χ3n) is 5.24. The van der Waals surface area contributed by atoms with Crippen LogP contribution in [0.2, 0.25) is 0 Å². The third-order valence-corrected chi connectivity index (χ3v) is 6.77. The monoisotopic (exact) mass is 364 g/mol. The summed E-state index contributed by atoms with van der Waals surface area (Å²) in [4.78, 5) is -0.854. The second-order valence-electron chi connectivity index (χ2n) is 6.68. The number of benzene rings is 1. The first-order chi connectivity index (χ1) is 11.1. The minimum Gasteiger partial charge on any atom is -0.393 e. The molecule has 8 heteroatoms. The van der Waals surface area contributed by atoms with Crippen LogP contribution in [0.25, 0.3) is 0 Å². The van der Waals surface area contributed by atoms with E-state index in [1.807, 2.05) is 0 Å². The van der Waals surface area contributed by atoms with Crippen LogP contribution in [0, 0.1) is 5.92 Å². The van der Waals surface area contributed by atoms with Crippen molar-refractivity contribution < 1.29 is 31.8 Å². The molecule has 0 aromatic heterocycles. The molecular formula is C16H19F3O4S. The van der Waals surface area contributed by atoms with Gasteiger partial charge in [0.2, 0.25) is 0 Å². The van der Waals surface area contributed by atoms with Crippen LogP contribution in [0.15, 0.2) is 23.1 Å². The van der Waals surface area contributed by atoms with Crippen molar-refractivity contribution in [2.75, 3.05) is 0 Å². The van der Waals surface area contributed by atoms with Crippen molar-refractivity contribution in [2.24, 2.45) is 5.92 Å². The molecule has 2 N–H and O–H groups in total. The Morgan fingerprint density at radius 1 is 1.21 bits per heavy atom. The molecule has 3 rings (SSSR count). The number of aliphatic hydroxyl groups excluding tert-OH is 1. The number of alkyl halides is 3. The van der Waals surface area contributed by atoms with Gasteiger partial charge >= 0.3 is 5.51 Å². The molecule has 1 aromatic rings. The molecule has 2 aliphatic rings. The number of fused-ring (bicyclic) bond motifs is 1. The van der Waals surface area contributed by atoms with E-state index in [-0.39, 0.29) is 18.4 Å². The summed E-state index contributed by atoms with van der Waals surface area (Å²) in [6.07, 6.45) is 1.91. The lowest BCUT2D eigenvalue weighted by molar-refractivity contribution is -0.0618. The molecule has 2 aliphatic carbocycles. The van der Waals surface area contributed by atoms with Crippen molar-refractivity contribution in [1.82, 2.24) is 0 Å². The number of rotatable bonds is 2. The lowest BCUT2D eigenvalue weighted by Crippen LogP contribution is -2.39. The number of hydrogen-bond acceptors (Lipinski definition) is 4. The maximum absolute atomic E-state index is 13.0. The summed E-state index contributed by atoms with van der Waals surface area (Å²) in [7, 11) is -5.55. The number of hydrogen-bond donors (Lipinski definition) is 2. The minimum atomic E-state index is -5.55. The molecule has 0 heterocycles. The van der Waals surface area contributed by atoms with Gasteiger partial charge in [-0.2, -0.15) is 13.2 Å². The predicted octanol–water partition coefficient (Wildman–Crippen LogP) is 2.67. The molecule has 0 aliphatic heterocycles. The molecule has 134 valence electrons. The first-order valence-corrected chi connectivity index (χ1v) is 9.40. The first kappa shape index (κ1) is 17.7. The van der Waals surface area contributed by atoms with E-state index in [0.717, 1.165) is 6.07 Å². The van der Waals surface area contributed by atoms with Crippen LogP contribution in [0.5, 0.6) is 0 Å². The quantitative estimate of drug-likeness (QED) is 0.846. The van der Waals surface area contributed by atoms with Crippen LogP contribution < -0.4 is 0 Å². The first-order valence-electron chi connectivity index (χ1n) is 7.91. The van der Waals surface area contributed by atoms with Crippen LogP contribution in [0.1, 0.15) is 43.2 Å². The minimum absolute atomic E-state index is 0.124. The van der Waals surface area contributed by atoms with E-state index in [1.165, 1.54) is 6.07 Å². The molecule has 0 amide bonds. The second-order valence-corrected chi connectivity index (χ2v) is 8.59. The summed E-state index contributed by atoms with van der Waals surface area (Å²) in [5.74, 6) is -0.452. The van der Waals surface area contributed by atoms with E-state index in [2.05, 4.69) is 0 Å². The topological polar surface area (TPSA) is 74.6 Å². The smallest absolute Gasteiger partial charge is 0.393 e. The molecule has 1 saturated carbocycles. The SMILES string of the molecule is O=S(=O)(c1cccc2c1C(O)(C1CCCC(O)C1)CC2)C(F)(F)F. The highest BCUT2D eigenvalue weighted by Crippen LogP contribution is 2.50. The average molecular weight is 364 g/mol. The standard InChI is InChI=1S/C16H19F3O4S/c17-16(18,19)24(22,23)13-6-1-3-10-7-8-15(21,14(10)13)11-4-2-5-12(20)9-11/h1,3,6,11-12,20-21H,2,4-5,7-9H2. The Labute approximate surface area is 138 Å². The summed E-state index contributed by atoms with van der Waals surface area (Å²) >= 11 is 0. The molecule has 4 nitrogen and oxygen atoms in total. The highest BCUT2D eigenvalue weighted by Gasteiger charge is 2.53. The summed E-state index contributed by atoms with van der Waals surface area (Å²) in [6.45, 7) is 0. The number of sulfone groups is 1. The Morgan fingerprint density at radius 3 is 2.54 bits per heavy atom. The Morgan fingerprint density at radius 2 is 1.92 bits per heavy atom. The average Bonchev–Trinajstić information content (AvgIpc) is 2.85. The highest BCUT2D eigenvalue weighted by atomic mass is 32.2. The molecule has 24 heavy (non-hydrogen) atoms. The molecule has 0 bridgehead atoms. The molecular weight excluding hydrogens is 345 g/mol. The Kier molecular flexibility index (Phi) is 4.21. The van der Waals surface area contributed by atoms with Gasteiger partial charge in [0, 0.05) is 5.56 Å². The third kappa shape index (κ3) is 2.64. The van der Waals surface area contributed by atoms with Gasteiger partial charge in [0.25, 0.3) is 9.84 Å². The van der Waals surface area contributed by atoms with Gasteiger partial charge < -0.3 is 10.2 Å². The van der Waals surface area contributed by atoms with E-state index in [1.54, 1.807) is 6.07 Å². The van der Waals surface area contributed by atoms with Crippen molar-refractivity contribution in [3.05, 3.63) is 29.3 Å². The normalized spacial score (nSPS) is 31.0. The Hall–Kier alpha value is -1.12. The van der Waals surface area contributed by atoms with Crippen LogP contribution in [0.4, 0.5) is 13.2 Å². The Balaban J connectivity index is 2.14. The van der Waals surface area contributed by atoms with E-state index >= 15 is 0 Å². The zero-order valence-corrected chi connectivity index (χ0v) is 13.7. The largest absolute Gasteiger partial charge is 0.501 e. The van der Waals surface area contributed by atoms with Crippen molar-refractivity contribution in [3.63, 3.8) is 0 Å². The van der Waals surface area contributed by atoms with Crippen molar-refractivity contribution in [3.8, 4) is 0 Å². The summed E-state index contributed by atoms with van der Waals surface area (Å²) < 4.78 is 63.0. The number of aliphatic hydroxyl groups is 2. The van der Waals surface area contributed by atoms with Crippen LogP contribution >= 0.6 is 0 Å². The van der Waals surface area contributed by atoms with E-state index < -0.39 is 37.9 Å². The van der Waals surface area contributed by atoms with Crippen LogP contribution in [-0.4, -0.2) is 30.2 Å². The van der Waals surface area contributed by atoms with Gasteiger partial charge in [0.05, 0.1) is 16.6 Å². The van der Waals surface area contributed by atoms with Crippen molar-refractivity contribution in [2.45, 2.75) is 60.6 Å². The second kappa shape index (κ2) is 5.71. The van der Waals surface area contributed by atoms with E-state index in [4.69, 9.17) is 0 Å². The zero-order chi connectivity index (χ0) is 17.8. The van der Waals surface area contributed by atoms with Crippen molar-refractivity contribution in [1.29, 1.82) is 0 Å². The van der Waals surface area contributed by atoms with Gasteiger partial charge in [-0.15, -0.1) is 0 Å². The van der Waals surface area contributed by atoms with Gasteiger partial charge in [0.15, 0.2) is 0 Å². The fraction of sp³-hybridized carbons (Fsp3) is 0.625. The molecule has 3 atom stereocenters. The lowest BCUT2D eigenvalue weighted by Gasteiger charge is -2.38. The predicted molar refractivity (Wildman–Crippen MR) is 79.9 cm³/mol.